The highest BCUT2D eigenvalue weighted by Crippen LogP contribution is 2.44. The Bertz CT molecular complexity index is 1140. The van der Waals surface area contributed by atoms with Crippen molar-refractivity contribution in [2.75, 3.05) is 5.32 Å². The Hall–Kier alpha value is -2.57. The van der Waals surface area contributed by atoms with E-state index in [1.807, 2.05) is 12.1 Å². The van der Waals surface area contributed by atoms with Crippen molar-refractivity contribution in [2.24, 2.45) is 17.1 Å². The van der Waals surface area contributed by atoms with Gasteiger partial charge >= 0.3 is 0 Å². The van der Waals surface area contributed by atoms with Crippen LogP contribution < -0.4 is 11.1 Å². The van der Waals surface area contributed by atoms with E-state index in [1.54, 1.807) is 24.3 Å². The average Bonchev–Trinajstić information content (AvgIpc) is 3.32. The van der Waals surface area contributed by atoms with Crippen molar-refractivity contribution in [1.29, 1.82) is 0 Å². The van der Waals surface area contributed by atoms with E-state index in [0.29, 0.717) is 27.3 Å². The molecule has 0 spiro atoms. The first-order chi connectivity index (χ1) is 14.6. The standard InChI is InChI=1S/C24H25ClN2O3S/c1-24(2,3)14-6-9-16-19(12-14)31-23(20(16)21(26)28)27-22(29)18-11-10-17(30-18)13-4-7-15(25)8-5-13/h4-5,7-8,10-11,14H,6,9,12H2,1-3H3,(H2,26,28)(H,27,29). The molecule has 1 aromatic carbocycles. The predicted molar refractivity (Wildman–Crippen MR) is 125 cm³/mol. The minimum atomic E-state index is -0.511. The van der Waals surface area contributed by atoms with Crippen molar-refractivity contribution >= 4 is 39.8 Å². The molecule has 2 heterocycles. The summed E-state index contributed by atoms with van der Waals surface area (Å²) < 4.78 is 5.74. The quantitative estimate of drug-likeness (QED) is 0.492. The molecule has 162 valence electrons. The summed E-state index contributed by atoms with van der Waals surface area (Å²) in [6.07, 6.45) is 2.69. The zero-order valence-corrected chi connectivity index (χ0v) is 19.3. The number of amides is 2. The first-order valence-electron chi connectivity index (χ1n) is 10.2. The van der Waals surface area contributed by atoms with Crippen LogP contribution in [0.2, 0.25) is 5.02 Å². The summed E-state index contributed by atoms with van der Waals surface area (Å²) in [6.45, 7) is 6.72. The third kappa shape index (κ3) is 4.41. The topological polar surface area (TPSA) is 85.3 Å². The van der Waals surface area contributed by atoms with Crippen LogP contribution in [0.5, 0.6) is 0 Å². The molecule has 1 aliphatic carbocycles. The van der Waals surface area contributed by atoms with E-state index in [-0.39, 0.29) is 11.2 Å². The molecule has 7 heteroatoms. The summed E-state index contributed by atoms with van der Waals surface area (Å²) in [7, 11) is 0. The van der Waals surface area contributed by atoms with Crippen molar-refractivity contribution in [3.05, 3.63) is 63.2 Å². The molecule has 2 aromatic heterocycles. The molecule has 2 amide bonds. The molecule has 1 atom stereocenters. The Morgan fingerprint density at radius 3 is 2.52 bits per heavy atom. The molecule has 0 bridgehead atoms. The van der Waals surface area contributed by atoms with Gasteiger partial charge in [0.05, 0.1) is 5.56 Å². The number of hydrogen-bond donors (Lipinski definition) is 2. The van der Waals surface area contributed by atoms with Gasteiger partial charge in [-0.1, -0.05) is 32.4 Å². The highest BCUT2D eigenvalue weighted by molar-refractivity contribution is 7.17. The zero-order chi connectivity index (χ0) is 22.3. The Morgan fingerprint density at radius 1 is 1.16 bits per heavy atom. The van der Waals surface area contributed by atoms with E-state index in [0.717, 1.165) is 35.3 Å². The first-order valence-corrected chi connectivity index (χ1v) is 11.4. The van der Waals surface area contributed by atoms with Crippen molar-refractivity contribution < 1.29 is 14.0 Å². The summed E-state index contributed by atoms with van der Waals surface area (Å²) in [5, 5.41) is 3.99. The summed E-state index contributed by atoms with van der Waals surface area (Å²) in [4.78, 5) is 26.2. The lowest BCUT2D eigenvalue weighted by Crippen LogP contribution is -2.27. The van der Waals surface area contributed by atoms with Crippen LogP contribution in [0.15, 0.2) is 40.8 Å². The zero-order valence-electron chi connectivity index (χ0n) is 17.8. The lowest BCUT2D eigenvalue weighted by atomic mass is 9.72. The van der Waals surface area contributed by atoms with E-state index in [4.69, 9.17) is 21.8 Å². The van der Waals surface area contributed by atoms with Gasteiger partial charge in [-0.2, -0.15) is 0 Å². The minimum Gasteiger partial charge on any atom is -0.451 e. The van der Waals surface area contributed by atoms with Gasteiger partial charge in [0, 0.05) is 15.5 Å². The van der Waals surface area contributed by atoms with Gasteiger partial charge < -0.3 is 15.5 Å². The Balaban J connectivity index is 1.58. The van der Waals surface area contributed by atoms with Crippen LogP contribution in [-0.4, -0.2) is 11.8 Å². The number of primary amides is 1. The number of benzene rings is 1. The van der Waals surface area contributed by atoms with Crippen molar-refractivity contribution in [2.45, 2.75) is 40.0 Å². The Labute approximate surface area is 190 Å². The molecule has 4 rings (SSSR count). The predicted octanol–water partition coefficient (Wildman–Crippen LogP) is 6.16. The minimum absolute atomic E-state index is 0.166. The molecular formula is C24H25ClN2O3S. The van der Waals surface area contributed by atoms with E-state index in [2.05, 4.69) is 26.1 Å². The molecule has 3 N–H and O–H groups in total. The second-order valence-corrected chi connectivity index (χ2v) is 10.5. The fourth-order valence-electron chi connectivity index (χ4n) is 4.07. The second kappa shape index (κ2) is 8.17. The van der Waals surface area contributed by atoms with Gasteiger partial charge in [0.2, 0.25) is 0 Å². The van der Waals surface area contributed by atoms with Crippen LogP contribution in [-0.2, 0) is 12.8 Å². The maximum Gasteiger partial charge on any atom is 0.292 e. The third-order valence-electron chi connectivity index (χ3n) is 5.92. The molecule has 0 aliphatic heterocycles. The van der Waals surface area contributed by atoms with Crippen LogP contribution in [0, 0.1) is 11.3 Å². The summed E-state index contributed by atoms with van der Waals surface area (Å²) in [6, 6.07) is 10.5. The number of anilines is 1. The monoisotopic (exact) mass is 456 g/mol. The maximum atomic E-state index is 12.9. The molecule has 0 radical (unpaired) electrons. The largest absolute Gasteiger partial charge is 0.451 e. The van der Waals surface area contributed by atoms with Crippen molar-refractivity contribution in [1.82, 2.24) is 0 Å². The van der Waals surface area contributed by atoms with Crippen LogP contribution >= 0.6 is 22.9 Å². The number of carbonyl (C=O) groups excluding carboxylic acids is 2. The number of carbonyl (C=O) groups is 2. The number of rotatable bonds is 4. The van der Waals surface area contributed by atoms with Crippen LogP contribution in [0.1, 0.15) is 58.5 Å². The van der Waals surface area contributed by atoms with E-state index in [9.17, 15) is 9.59 Å². The smallest absolute Gasteiger partial charge is 0.292 e. The molecule has 0 saturated carbocycles. The van der Waals surface area contributed by atoms with Gasteiger partial charge in [0.25, 0.3) is 11.8 Å². The number of hydrogen-bond acceptors (Lipinski definition) is 4. The van der Waals surface area contributed by atoms with Crippen molar-refractivity contribution in [3.8, 4) is 11.3 Å². The number of nitrogens with two attached hydrogens (primary N) is 1. The van der Waals surface area contributed by atoms with Gasteiger partial charge in [0.1, 0.15) is 10.8 Å². The van der Waals surface area contributed by atoms with Gasteiger partial charge in [-0.25, -0.2) is 0 Å². The summed E-state index contributed by atoms with van der Waals surface area (Å²) in [5.41, 5.74) is 8.11. The van der Waals surface area contributed by atoms with Gasteiger partial charge in [-0.15, -0.1) is 11.3 Å². The molecule has 3 aromatic rings. The second-order valence-electron chi connectivity index (χ2n) is 9.00. The normalized spacial score (nSPS) is 16.1. The number of fused-ring (bicyclic) bond motifs is 1. The number of furan rings is 1. The van der Waals surface area contributed by atoms with E-state index in [1.165, 1.54) is 11.3 Å². The maximum absolute atomic E-state index is 12.9. The summed E-state index contributed by atoms with van der Waals surface area (Å²) >= 11 is 7.38. The Kier molecular flexibility index (Phi) is 5.71. The van der Waals surface area contributed by atoms with Crippen LogP contribution in [0.3, 0.4) is 0 Å². The third-order valence-corrected chi connectivity index (χ3v) is 7.34. The highest BCUT2D eigenvalue weighted by atomic mass is 35.5. The van der Waals surface area contributed by atoms with E-state index >= 15 is 0 Å². The fraction of sp³-hybridized carbons (Fsp3) is 0.333. The molecule has 31 heavy (non-hydrogen) atoms. The van der Waals surface area contributed by atoms with E-state index < -0.39 is 11.8 Å². The van der Waals surface area contributed by atoms with Crippen LogP contribution in [0.25, 0.3) is 11.3 Å². The van der Waals surface area contributed by atoms with Crippen molar-refractivity contribution in [3.63, 3.8) is 0 Å². The number of thiophene rings is 1. The number of nitrogens with one attached hydrogen (secondary N) is 1. The molecule has 1 aliphatic rings. The highest BCUT2D eigenvalue weighted by Gasteiger charge is 2.33. The lowest BCUT2D eigenvalue weighted by Gasteiger charge is -2.33. The SMILES string of the molecule is CC(C)(C)C1CCc2c(sc(NC(=O)c3ccc(-c4ccc(Cl)cc4)o3)c2C(N)=O)C1. The molecule has 1 unspecified atom stereocenters. The average molecular weight is 457 g/mol. The first kappa shape index (κ1) is 21.7. The number of halogens is 1. The van der Waals surface area contributed by atoms with Gasteiger partial charge in [-0.05, 0) is 72.6 Å². The molecule has 0 fully saturated rings. The molecule has 0 saturated heterocycles. The molecule has 5 nitrogen and oxygen atoms in total. The summed E-state index contributed by atoms with van der Waals surface area (Å²) in [5.74, 6) is 0.335. The van der Waals surface area contributed by atoms with Crippen LogP contribution in [0.4, 0.5) is 5.00 Å². The van der Waals surface area contributed by atoms with Gasteiger partial charge in [-0.3, -0.25) is 9.59 Å². The lowest BCUT2D eigenvalue weighted by molar-refractivity contribution is 0.0997. The fourth-order valence-corrected chi connectivity index (χ4v) is 5.52. The Morgan fingerprint density at radius 2 is 1.87 bits per heavy atom. The molecular weight excluding hydrogens is 432 g/mol. The van der Waals surface area contributed by atoms with Gasteiger partial charge in [0.15, 0.2) is 5.76 Å².